The number of pyridine rings is 1. The minimum atomic E-state index is -4.68. The molecular weight excluding hydrogens is 522 g/mol. The number of sulfone groups is 1. The Bertz CT molecular complexity index is 1590. The molecule has 0 saturated heterocycles. The van der Waals surface area contributed by atoms with Crippen LogP contribution in [0.25, 0.3) is 15.7 Å². The van der Waals surface area contributed by atoms with Gasteiger partial charge in [-0.3, -0.25) is 0 Å². The quantitative estimate of drug-likeness (QED) is 0.354. The molecule has 0 saturated carbocycles. The molecule has 1 heterocycles. The third-order valence-electron chi connectivity index (χ3n) is 6.10. The van der Waals surface area contributed by atoms with Crippen molar-refractivity contribution in [2.24, 2.45) is 5.92 Å². The largest absolute Gasteiger partial charge is 0.547 e. The van der Waals surface area contributed by atoms with E-state index in [-0.39, 0.29) is 33.0 Å². The molecule has 1 amide bonds. The van der Waals surface area contributed by atoms with Gasteiger partial charge >= 0.3 is 12.1 Å². The van der Waals surface area contributed by atoms with Crippen molar-refractivity contribution < 1.29 is 30.8 Å². The van der Waals surface area contributed by atoms with Gasteiger partial charge in [0.15, 0.2) is 9.84 Å². The number of anilines is 1. The molecule has 0 aliphatic heterocycles. The van der Waals surface area contributed by atoms with Crippen molar-refractivity contribution in [1.82, 2.24) is 4.98 Å². The van der Waals surface area contributed by atoms with Gasteiger partial charge in [-0.15, -0.1) is 0 Å². The fourth-order valence-corrected chi connectivity index (χ4v) is 5.07. The Labute approximate surface area is 217 Å². The third kappa shape index (κ3) is 6.02. The fourth-order valence-electron chi connectivity index (χ4n) is 4.01. The van der Waals surface area contributed by atoms with Gasteiger partial charge in [-0.05, 0) is 87.7 Å². The molecule has 0 spiro atoms. The van der Waals surface area contributed by atoms with E-state index in [1.165, 1.54) is 30.3 Å². The molecule has 0 fully saturated rings. The molecule has 2 aromatic carbocycles. The predicted octanol–water partition coefficient (Wildman–Crippen LogP) is 6.84. The Balaban J connectivity index is 1.56. The molecule has 1 aliphatic rings. The maximum absolute atomic E-state index is 13.8. The Morgan fingerprint density at radius 2 is 1.84 bits per heavy atom. The van der Waals surface area contributed by atoms with Crippen LogP contribution in [0.15, 0.2) is 65.2 Å². The molecule has 1 atom stereocenters. The number of nitrogens with zero attached hydrogens (tertiary/aromatic N) is 2. The number of benzene rings is 2. The van der Waals surface area contributed by atoms with Crippen LogP contribution in [0.2, 0.25) is 0 Å². The van der Waals surface area contributed by atoms with Gasteiger partial charge in [0.2, 0.25) is 0 Å². The number of amides is 1. The first-order chi connectivity index (χ1) is 17.8. The van der Waals surface area contributed by atoms with Crippen LogP contribution >= 0.6 is 0 Å². The highest BCUT2D eigenvalue weighted by Gasteiger charge is 2.33. The van der Waals surface area contributed by atoms with Gasteiger partial charge in [-0.1, -0.05) is 0 Å². The number of hydrogen-bond acceptors (Lipinski definition) is 5. The average Bonchev–Trinajstić information content (AvgIpc) is 2.87. The van der Waals surface area contributed by atoms with Crippen molar-refractivity contribution in [3.8, 4) is 6.07 Å². The standard InChI is InChI=1S/C27H24F4N3O3S/c1-16(2)38(36,37)21-9-6-18(7-10-21)26(35)32-15-17-4-3-5-20(12-17)33-24-14-25(27(29,30)31)34-23-11-8-19(28)13-22(23)24/h6-14,16-17H,3-5H2,1-2H3,(H,33,34)/q+1. The average molecular weight is 547 g/mol. The van der Waals surface area contributed by atoms with Crippen LogP contribution in [0.1, 0.15) is 49.2 Å². The molecule has 3 aromatic rings. The normalized spacial score (nSPS) is 16.1. The first-order valence-electron chi connectivity index (χ1n) is 11.8. The highest BCUT2D eigenvalue weighted by molar-refractivity contribution is 7.92. The summed E-state index contributed by atoms with van der Waals surface area (Å²) in [6.07, 6.45) is -1.16. The molecule has 1 aromatic heterocycles. The molecule has 0 radical (unpaired) electrons. The van der Waals surface area contributed by atoms with E-state index < -0.39 is 38.7 Å². The predicted molar refractivity (Wildman–Crippen MR) is 136 cm³/mol. The van der Waals surface area contributed by atoms with Crippen molar-refractivity contribution in [2.45, 2.75) is 49.4 Å². The molecule has 0 bridgehead atoms. The van der Waals surface area contributed by atoms with E-state index in [0.717, 1.165) is 18.2 Å². The van der Waals surface area contributed by atoms with Crippen molar-refractivity contribution in [2.75, 3.05) is 5.32 Å². The van der Waals surface area contributed by atoms with E-state index in [1.807, 2.05) is 0 Å². The molecule has 11 heteroatoms. The van der Waals surface area contributed by atoms with Gasteiger partial charge in [-0.2, -0.15) is 18.0 Å². The van der Waals surface area contributed by atoms with Gasteiger partial charge in [0.25, 0.3) is 6.07 Å². The highest BCUT2D eigenvalue weighted by atomic mass is 32.2. The number of alkyl halides is 3. The van der Waals surface area contributed by atoms with Crippen molar-refractivity contribution in [3.05, 3.63) is 82.2 Å². The number of halogens is 4. The molecule has 6 nitrogen and oxygen atoms in total. The summed E-state index contributed by atoms with van der Waals surface area (Å²) in [5, 5.41) is 2.58. The summed E-state index contributed by atoms with van der Waals surface area (Å²) in [4.78, 5) is 20.1. The number of carbonyl (C=O) groups is 1. The number of hydrogen-bond donors (Lipinski definition) is 1. The molecular formula is C27H24F4N3O3S+. The van der Waals surface area contributed by atoms with Crippen LogP contribution in [-0.4, -0.2) is 24.6 Å². The Kier molecular flexibility index (Phi) is 7.56. The smallest absolute Gasteiger partial charge is 0.359 e. The molecule has 1 N–H and O–H groups in total. The van der Waals surface area contributed by atoms with Crippen molar-refractivity contribution in [1.29, 1.82) is 0 Å². The number of fused-ring (bicyclic) bond motifs is 1. The topological polar surface area (TPSA) is 80.5 Å². The lowest BCUT2D eigenvalue weighted by molar-refractivity contribution is -0.140. The summed E-state index contributed by atoms with van der Waals surface area (Å²) in [6.45, 7) is 3.14. The zero-order valence-electron chi connectivity index (χ0n) is 20.5. The van der Waals surface area contributed by atoms with E-state index in [2.05, 4.69) is 21.2 Å². The third-order valence-corrected chi connectivity index (χ3v) is 8.27. The summed E-state index contributed by atoms with van der Waals surface area (Å²) in [6, 6.07) is 12.5. The van der Waals surface area contributed by atoms with Gasteiger partial charge in [0.05, 0.1) is 15.7 Å². The lowest BCUT2D eigenvalue weighted by atomic mass is 9.94. The van der Waals surface area contributed by atoms with E-state index in [9.17, 15) is 30.8 Å². The van der Waals surface area contributed by atoms with Crippen LogP contribution in [-0.2, 0) is 16.0 Å². The monoisotopic (exact) mass is 546 g/mol. The lowest BCUT2D eigenvalue weighted by Crippen LogP contribution is -2.14. The number of nitrogens with one attached hydrogen (secondary N) is 1. The summed E-state index contributed by atoms with van der Waals surface area (Å²) in [7, 11) is -3.47. The maximum atomic E-state index is 13.8. The van der Waals surface area contributed by atoms with E-state index in [1.54, 1.807) is 19.9 Å². The molecule has 4 rings (SSSR count). The molecule has 1 unspecified atom stereocenters. The van der Waals surface area contributed by atoms with Crippen LogP contribution in [0.5, 0.6) is 0 Å². The van der Waals surface area contributed by atoms with Gasteiger partial charge in [0, 0.05) is 21.6 Å². The first kappa shape index (κ1) is 27.3. The van der Waals surface area contributed by atoms with Gasteiger partial charge in [0.1, 0.15) is 23.0 Å². The summed E-state index contributed by atoms with van der Waals surface area (Å²) in [5.74, 6) is -1.59. The summed E-state index contributed by atoms with van der Waals surface area (Å²) in [5.41, 5.74) is -0.244. The van der Waals surface area contributed by atoms with E-state index in [4.69, 9.17) is 0 Å². The number of carbonyl (C=O) groups excluding carboxylic acids is 1. The summed E-state index contributed by atoms with van der Waals surface area (Å²) < 4.78 is 78.5. The fraction of sp³-hybridized carbons (Fsp3) is 0.296. The zero-order valence-corrected chi connectivity index (χ0v) is 21.3. The first-order valence-corrected chi connectivity index (χ1v) is 13.4. The Hall–Kier alpha value is -3.78. The second kappa shape index (κ2) is 10.5. The van der Waals surface area contributed by atoms with Crippen LogP contribution in [0, 0.1) is 17.8 Å². The van der Waals surface area contributed by atoms with Crippen molar-refractivity contribution in [3.63, 3.8) is 0 Å². The maximum Gasteiger partial charge on any atom is 0.547 e. The van der Waals surface area contributed by atoms with E-state index in [0.29, 0.717) is 25.0 Å². The Morgan fingerprint density at radius 3 is 2.50 bits per heavy atom. The van der Waals surface area contributed by atoms with Crippen molar-refractivity contribution >= 4 is 32.3 Å². The van der Waals surface area contributed by atoms with Crippen LogP contribution in [0.4, 0.5) is 23.2 Å². The Morgan fingerprint density at radius 1 is 1.13 bits per heavy atom. The molecule has 198 valence electrons. The minimum absolute atomic E-state index is 0.00242. The van der Waals surface area contributed by atoms with Gasteiger partial charge in [-0.25, -0.2) is 17.8 Å². The van der Waals surface area contributed by atoms with E-state index >= 15 is 0 Å². The van der Waals surface area contributed by atoms with Gasteiger partial charge < -0.3 is 5.32 Å². The second-order valence-electron chi connectivity index (χ2n) is 9.19. The summed E-state index contributed by atoms with van der Waals surface area (Å²) >= 11 is 0. The minimum Gasteiger partial charge on any atom is -0.359 e. The number of rotatable bonds is 5. The lowest BCUT2D eigenvalue weighted by Gasteiger charge is -2.19. The second-order valence-corrected chi connectivity index (χ2v) is 11.7. The molecule has 38 heavy (non-hydrogen) atoms. The van der Waals surface area contributed by atoms with Crippen LogP contribution < -0.4 is 5.32 Å². The zero-order chi connectivity index (χ0) is 27.7. The molecule has 1 aliphatic carbocycles. The number of aromatic nitrogens is 1. The van der Waals surface area contributed by atoms with Crippen LogP contribution in [0.3, 0.4) is 0 Å². The number of allylic oxidation sites excluding steroid dienone is 2. The highest BCUT2D eigenvalue weighted by Crippen LogP contribution is 2.35. The SMILES string of the molecule is CC(C)S(=O)(=O)c1ccc(C(=O)[N+]#CC2C=C(Nc3cc(C(F)(F)F)nc4ccc(F)cc34)CCC2)cc1.